The van der Waals surface area contributed by atoms with Crippen LogP contribution in [-0.2, 0) is 0 Å². The number of aromatic nitrogens is 1. The van der Waals surface area contributed by atoms with Crippen molar-refractivity contribution < 1.29 is 0 Å². The zero-order valence-electron chi connectivity index (χ0n) is 7.98. The molecule has 0 bridgehead atoms. The molecule has 0 aromatic carbocycles. The van der Waals surface area contributed by atoms with E-state index in [4.69, 9.17) is 5.26 Å². The predicted molar refractivity (Wildman–Crippen MR) is 55.3 cm³/mol. The van der Waals surface area contributed by atoms with E-state index in [2.05, 4.69) is 11.1 Å². The second kappa shape index (κ2) is 4.06. The molecule has 2 rings (SSSR count). The standard InChI is InChI=1S/C12H12N2/c13-9-12-6-2-5-11(14-12)4-1-3-10-7-8-10/h1-2,4-6,10H,3,7-8H2. The van der Waals surface area contributed by atoms with Crippen LogP contribution < -0.4 is 0 Å². The van der Waals surface area contributed by atoms with Crippen molar-refractivity contribution >= 4 is 6.08 Å². The number of hydrogen-bond donors (Lipinski definition) is 0. The molecule has 0 atom stereocenters. The molecular formula is C12H12N2. The quantitative estimate of drug-likeness (QED) is 0.724. The lowest BCUT2D eigenvalue weighted by atomic mass is 10.2. The van der Waals surface area contributed by atoms with Crippen LogP contribution >= 0.6 is 0 Å². The Balaban J connectivity index is 2.00. The maximum absolute atomic E-state index is 8.65. The van der Waals surface area contributed by atoms with Crippen molar-refractivity contribution in [2.24, 2.45) is 5.92 Å². The van der Waals surface area contributed by atoms with Crippen LogP contribution in [0, 0.1) is 17.2 Å². The number of nitrogens with zero attached hydrogens (tertiary/aromatic N) is 2. The molecule has 1 aliphatic rings. The van der Waals surface area contributed by atoms with Gasteiger partial charge in [0.25, 0.3) is 0 Å². The molecular weight excluding hydrogens is 172 g/mol. The number of nitriles is 1. The average molecular weight is 184 g/mol. The van der Waals surface area contributed by atoms with Crippen LogP contribution in [0.3, 0.4) is 0 Å². The molecule has 1 aliphatic carbocycles. The highest BCUT2D eigenvalue weighted by Gasteiger charge is 2.18. The van der Waals surface area contributed by atoms with Crippen molar-refractivity contribution in [3.8, 4) is 6.07 Å². The third-order valence-corrected chi connectivity index (χ3v) is 2.34. The van der Waals surface area contributed by atoms with Gasteiger partial charge in [-0.1, -0.05) is 12.1 Å². The normalized spacial score (nSPS) is 15.6. The molecule has 1 aromatic rings. The van der Waals surface area contributed by atoms with E-state index in [9.17, 15) is 0 Å². The molecule has 1 aromatic heterocycles. The number of rotatable bonds is 3. The van der Waals surface area contributed by atoms with Crippen LogP contribution in [0.1, 0.15) is 30.7 Å². The van der Waals surface area contributed by atoms with Gasteiger partial charge in [0.15, 0.2) is 0 Å². The summed E-state index contributed by atoms with van der Waals surface area (Å²) in [6, 6.07) is 7.54. The van der Waals surface area contributed by atoms with Crippen molar-refractivity contribution in [2.45, 2.75) is 19.3 Å². The first kappa shape index (κ1) is 8.96. The van der Waals surface area contributed by atoms with Gasteiger partial charge in [0.05, 0.1) is 5.69 Å². The van der Waals surface area contributed by atoms with Crippen molar-refractivity contribution in [2.75, 3.05) is 0 Å². The minimum absolute atomic E-state index is 0.485. The molecule has 0 amide bonds. The van der Waals surface area contributed by atoms with Crippen LogP contribution in [0.4, 0.5) is 0 Å². The first-order valence-corrected chi connectivity index (χ1v) is 4.92. The fraction of sp³-hybridized carbons (Fsp3) is 0.333. The molecule has 0 unspecified atom stereocenters. The van der Waals surface area contributed by atoms with Crippen LogP contribution in [-0.4, -0.2) is 4.98 Å². The molecule has 1 saturated carbocycles. The Morgan fingerprint density at radius 2 is 2.36 bits per heavy atom. The maximum Gasteiger partial charge on any atom is 0.141 e. The Kier molecular flexibility index (Phi) is 2.60. The second-order valence-electron chi connectivity index (χ2n) is 3.64. The first-order valence-electron chi connectivity index (χ1n) is 4.92. The van der Waals surface area contributed by atoms with Gasteiger partial charge < -0.3 is 0 Å². The molecule has 0 radical (unpaired) electrons. The molecule has 1 heterocycles. The zero-order valence-corrected chi connectivity index (χ0v) is 7.98. The maximum atomic E-state index is 8.65. The molecule has 1 fully saturated rings. The van der Waals surface area contributed by atoms with Crippen molar-refractivity contribution in [3.05, 3.63) is 35.7 Å². The lowest BCUT2D eigenvalue weighted by Gasteiger charge is -1.92. The second-order valence-corrected chi connectivity index (χ2v) is 3.64. The molecule has 2 nitrogen and oxygen atoms in total. The van der Waals surface area contributed by atoms with E-state index < -0.39 is 0 Å². The highest BCUT2D eigenvalue weighted by atomic mass is 14.7. The summed E-state index contributed by atoms with van der Waals surface area (Å²) in [5.41, 5.74) is 1.36. The molecule has 0 aliphatic heterocycles. The van der Waals surface area contributed by atoms with Gasteiger partial charge >= 0.3 is 0 Å². The minimum Gasteiger partial charge on any atom is -0.238 e. The van der Waals surface area contributed by atoms with Gasteiger partial charge in [-0.3, -0.25) is 0 Å². The highest BCUT2D eigenvalue weighted by Crippen LogP contribution is 2.32. The van der Waals surface area contributed by atoms with Gasteiger partial charge in [-0.05, 0) is 43.4 Å². The molecule has 0 N–H and O–H groups in total. The Bertz CT molecular complexity index is 384. The largest absolute Gasteiger partial charge is 0.238 e. The summed E-state index contributed by atoms with van der Waals surface area (Å²) in [6.45, 7) is 0. The van der Waals surface area contributed by atoms with E-state index >= 15 is 0 Å². The predicted octanol–water partition coefficient (Wildman–Crippen LogP) is 2.77. The molecule has 0 spiro atoms. The molecule has 0 saturated heterocycles. The van der Waals surface area contributed by atoms with Crippen molar-refractivity contribution in [3.63, 3.8) is 0 Å². The van der Waals surface area contributed by atoms with Gasteiger partial charge in [-0.25, -0.2) is 4.98 Å². The first-order chi connectivity index (χ1) is 6.88. The smallest absolute Gasteiger partial charge is 0.141 e. The number of allylic oxidation sites excluding steroid dienone is 1. The van der Waals surface area contributed by atoms with E-state index in [1.54, 1.807) is 6.07 Å². The third kappa shape index (κ3) is 2.43. The topological polar surface area (TPSA) is 36.7 Å². The van der Waals surface area contributed by atoms with Crippen molar-refractivity contribution in [1.29, 1.82) is 5.26 Å². The number of hydrogen-bond acceptors (Lipinski definition) is 2. The highest BCUT2D eigenvalue weighted by molar-refractivity contribution is 5.45. The minimum atomic E-state index is 0.485. The summed E-state index contributed by atoms with van der Waals surface area (Å²) in [5.74, 6) is 0.908. The Labute approximate surface area is 83.9 Å². The Hall–Kier alpha value is -1.62. The van der Waals surface area contributed by atoms with Gasteiger partial charge in [-0.15, -0.1) is 0 Å². The molecule has 70 valence electrons. The van der Waals surface area contributed by atoms with Crippen LogP contribution in [0.5, 0.6) is 0 Å². The Morgan fingerprint density at radius 1 is 1.50 bits per heavy atom. The van der Waals surface area contributed by atoms with E-state index in [1.165, 1.54) is 12.8 Å². The monoisotopic (exact) mass is 184 g/mol. The van der Waals surface area contributed by atoms with Crippen molar-refractivity contribution in [1.82, 2.24) is 4.98 Å². The summed E-state index contributed by atoms with van der Waals surface area (Å²) in [4.78, 5) is 4.16. The fourth-order valence-electron chi connectivity index (χ4n) is 1.34. The summed E-state index contributed by atoms with van der Waals surface area (Å²) in [5, 5.41) is 8.65. The van der Waals surface area contributed by atoms with E-state index in [0.717, 1.165) is 18.0 Å². The Morgan fingerprint density at radius 3 is 3.07 bits per heavy atom. The number of pyridine rings is 1. The molecule has 14 heavy (non-hydrogen) atoms. The van der Waals surface area contributed by atoms with E-state index in [1.807, 2.05) is 24.3 Å². The van der Waals surface area contributed by atoms with Crippen LogP contribution in [0.25, 0.3) is 6.08 Å². The summed E-state index contributed by atoms with van der Waals surface area (Å²) >= 11 is 0. The summed E-state index contributed by atoms with van der Waals surface area (Å²) < 4.78 is 0. The van der Waals surface area contributed by atoms with Crippen LogP contribution in [0.2, 0.25) is 0 Å². The zero-order chi connectivity index (χ0) is 9.80. The fourth-order valence-corrected chi connectivity index (χ4v) is 1.34. The molecule has 2 heteroatoms. The SMILES string of the molecule is N#Cc1cccc(C=CCC2CC2)n1. The lowest BCUT2D eigenvalue weighted by molar-refractivity contribution is 0.865. The van der Waals surface area contributed by atoms with Gasteiger partial charge in [0, 0.05) is 0 Å². The van der Waals surface area contributed by atoms with Gasteiger partial charge in [0.1, 0.15) is 11.8 Å². The van der Waals surface area contributed by atoms with Crippen LogP contribution in [0.15, 0.2) is 24.3 Å². The van der Waals surface area contributed by atoms with E-state index in [-0.39, 0.29) is 0 Å². The lowest BCUT2D eigenvalue weighted by Crippen LogP contribution is -1.84. The third-order valence-electron chi connectivity index (χ3n) is 2.34. The van der Waals surface area contributed by atoms with E-state index in [0.29, 0.717) is 5.69 Å². The van der Waals surface area contributed by atoms with Gasteiger partial charge in [0.2, 0.25) is 0 Å². The average Bonchev–Trinajstić information content (AvgIpc) is 3.02. The van der Waals surface area contributed by atoms with Gasteiger partial charge in [-0.2, -0.15) is 5.26 Å². The summed E-state index contributed by atoms with van der Waals surface area (Å²) in [7, 11) is 0. The summed E-state index contributed by atoms with van der Waals surface area (Å²) in [6.07, 6.45) is 8.05.